The number of ether oxygens (including phenoxy) is 2. The lowest BCUT2D eigenvalue weighted by Crippen LogP contribution is -2.29. The van der Waals surface area contributed by atoms with Crippen LogP contribution in [0.3, 0.4) is 0 Å². The highest BCUT2D eigenvalue weighted by Gasteiger charge is 2.44. The van der Waals surface area contributed by atoms with E-state index in [-0.39, 0.29) is 17.1 Å². The van der Waals surface area contributed by atoms with E-state index >= 15 is 0 Å². The molecule has 1 amide bonds. The summed E-state index contributed by atoms with van der Waals surface area (Å²) in [4.78, 5) is 29.3. The molecule has 0 bridgehead atoms. The fourth-order valence-electron chi connectivity index (χ4n) is 4.94. The van der Waals surface area contributed by atoms with Gasteiger partial charge in [0.1, 0.15) is 12.2 Å². The summed E-state index contributed by atoms with van der Waals surface area (Å²) in [7, 11) is 0. The molecule has 39 heavy (non-hydrogen) atoms. The standard InChI is InChI=1S/C32H24BrNO5/c1-2-37-27-17-21(15-16-26(27)38-19-20-9-4-3-5-10-20)29-28-30(35)24-13-6-7-14-25(24)39-31(28)32(36)34(29)23-12-8-11-22(33)18-23/h3-18,29H,2,19H2,1H3. The Morgan fingerprint density at radius 1 is 0.846 bits per heavy atom. The molecule has 0 fully saturated rings. The minimum absolute atomic E-state index is 0.0473. The maximum absolute atomic E-state index is 13.8. The number of benzene rings is 4. The Labute approximate surface area is 233 Å². The Bertz CT molecular complexity index is 1750. The van der Waals surface area contributed by atoms with E-state index in [1.807, 2.05) is 79.7 Å². The zero-order valence-electron chi connectivity index (χ0n) is 21.1. The van der Waals surface area contributed by atoms with Crippen LogP contribution in [0.5, 0.6) is 11.5 Å². The molecule has 0 aliphatic carbocycles. The number of rotatable bonds is 7. The van der Waals surface area contributed by atoms with E-state index in [1.165, 1.54) is 0 Å². The first-order valence-electron chi connectivity index (χ1n) is 12.6. The number of nitrogens with zero attached hydrogens (tertiary/aromatic N) is 1. The van der Waals surface area contributed by atoms with E-state index in [0.29, 0.717) is 52.5 Å². The summed E-state index contributed by atoms with van der Waals surface area (Å²) in [5.74, 6) is 0.782. The molecule has 1 aromatic heterocycles. The van der Waals surface area contributed by atoms with E-state index in [0.717, 1.165) is 10.0 Å². The second-order valence-corrected chi connectivity index (χ2v) is 10.1. The van der Waals surface area contributed by atoms with Crippen molar-refractivity contribution >= 4 is 38.5 Å². The lowest BCUT2D eigenvalue weighted by atomic mass is 9.97. The fraction of sp³-hybridized carbons (Fsp3) is 0.125. The first kappa shape index (κ1) is 24.9. The van der Waals surface area contributed by atoms with Crippen molar-refractivity contribution in [3.8, 4) is 11.5 Å². The van der Waals surface area contributed by atoms with Crippen molar-refractivity contribution < 1.29 is 18.7 Å². The summed E-state index contributed by atoms with van der Waals surface area (Å²) >= 11 is 3.51. The first-order chi connectivity index (χ1) is 19.0. The number of fused-ring (bicyclic) bond motifs is 2. The summed E-state index contributed by atoms with van der Waals surface area (Å²) in [5.41, 5.74) is 2.83. The van der Waals surface area contributed by atoms with E-state index < -0.39 is 6.04 Å². The van der Waals surface area contributed by atoms with Crippen molar-refractivity contribution in [1.82, 2.24) is 0 Å². The summed E-state index contributed by atoms with van der Waals surface area (Å²) in [6.07, 6.45) is 0. The molecule has 0 radical (unpaired) electrons. The third-order valence-electron chi connectivity index (χ3n) is 6.68. The molecule has 4 aromatic carbocycles. The Hall–Kier alpha value is -4.36. The minimum Gasteiger partial charge on any atom is -0.490 e. The second-order valence-electron chi connectivity index (χ2n) is 9.14. The number of anilines is 1. The zero-order chi connectivity index (χ0) is 26.9. The van der Waals surface area contributed by atoms with Gasteiger partial charge in [0.05, 0.1) is 23.6 Å². The van der Waals surface area contributed by atoms with Crippen molar-refractivity contribution in [3.05, 3.63) is 134 Å². The third-order valence-corrected chi connectivity index (χ3v) is 7.18. The number of amides is 1. The Kier molecular flexibility index (Phi) is 6.67. The van der Waals surface area contributed by atoms with Gasteiger partial charge in [0, 0.05) is 10.2 Å². The third kappa shape index (κ3) is 4.59. The monoisotopic (exact) mass is 581 g/mol. The van der Waals surface area contributed by atoms with Gasteiger partial charge in [-0.05, 0) is 60.5 Å². The first-order valence-corrected chi connectivity index (χ1v) is 13.4. The van der Waals surface area contributed by atoms with E-state index in [9.17, 15) is 9.59 Å². The molecule has 5 aromatic rings. The van der Waals surface area contributed by atoms with Crippen molar-refractivity contribution in [1.29, 1.82) is 0 Å². The molecule has 6 rings (SSSR count). The number of carbonyl (C=O) groups is 1. The van der Waals surface area contributed by atoms with Crippen molar-refractivity contribution in [2.24, 2.45) is 0 Å². The lowest BCUT2D eigenvalue weighted by molar-refractivity contribution is 0.0971. The molecule has 0 saturated heterocycles. The van der Waals surface area contributed by atoms with Crippen LogP contribution in [0, 0.1) is 0 Å². The van der Waals surface area contributed by atoms with E-state index in [1.54, 1.807) is 29.2 Å². The van der Waals surface area contributed by atoms with E-state index in [4.69, 9.17) is 13.9 Å². The Morgan fingerprint density at radius 2 is 1.64 bits per heavy atom. The second kappa shape index (κ2) is 10.4. The fourth-order valence-corrected chi connectivity index (χ4v) is 5.33. The van der Waals surface area contributed by atoms with Crippen molar-refractivity contribution in [2.45, 2.75) is 19.6 Å². The molecule has 1 unspecified atom stereocenters. The molecule has 1 aliphatic rings. The van der Waals surface area contributed by atoms with Crippen LogP contribution in [0.2, 0.25) is 0 Å². The molecule has 2 heterocycles. The molecule has 0 spiro atoms. The van der Waals surface area contributed by atoms with Gasteiger partial charge in [0.15, 0.2) is 16.9 Å². The molecular weight excluding hydrogens is 558 g/mol. The average molecular weight is 582 g/mol. The van der Waals surface area contributed by atoms with Crippen LogP contribution in [-0.4, -0.2) is 12.5 Å². The topological polar surface area (TPSA) is 69.0 Å². The predicted molar refractivity (Wildman–Crippen MR) is 154 cm³/mol. The molecule has 7 heteroatoms. The number of hydrogen-bond donors (Lipinski definition) is 0. The average Bonchev–Trinajstić information content (AvgIpc) is 3.25. The lowest BCUT2D eigenvalue weighted by Gasteiger charge is -2.26. The highest BCUT2D eigenvalue weighted by Crippen LogP contribution is 2.43. The smallest absolute Gasteiger partial charge is 0.295 e. The predicted octanol–water partition coefficient (Wildman–Crippen LogP) is 7.28. The van der Waals surface area contributed by atoms with Gasteiger partial charge in [-0.25, -0.2) is 0 Å². The van der Waals surface area contributed by atoms with Crippen LogP contribution < -0.4 is 19.8 Å². The van der Waals surface area contributed by atoms with Gasteiger partial charge in [-0.1, -0.05) is 70.5 Å². The highest BCUT2D eigenvalue weighted by atomic mass is 79.9. The summed E-state index contributed by atoms with van der Waals surface area (Å²) in [6, 6.07) is 29.1. The SMILES string of the molecule is CCOc1cc(C2c3c(oc4ccccc4c3=O)C(=O)N2c2cccc(Br)c2)ccc1OCc1ccccc1. The number of hydrogen-bond acceptors (Lipinski definition) is 5. The van der Waals surface area contributed by atoms with Gasteiger partial charge in [-0.2, -0.15) is 0 Å². The maximum Gasteiger partial charge on any atom is 0.295 e. The van der Waals surface area contributed by atoms with Gasteiger partial charge in [-0.15, -0.1) is 0 Å². The Balaban J connectivity index is 1.50. The van der Waals surface area contributed by atoms with Crippen LogP contribution in [0.1, 0.15) is 40.2 Å². The maximum atomic E-state index is 13.8. The van der Waals surface area contributed by atoms with Gasteiger partial charge in [-0.3, -0.25) is 14.5 Å². The molecule has 0 saturated carbocycles. The summed E-state index contributed by atoms with van der Waals surface area (Å²) in [5, 5.41) is 0.429. The van der Waals surface area contributed by atoms with Crippen LogP contribution in [0.4, 0.5) is 5.69 Å². The largest absolute Gasteiger partial charge is 0.490 e. The van der Waals surface area contributed by atoms with Gasteiger partial charge >= 0.3 is 0 Å². The number of carbonyl (C=O) groups excluding carboxylic acids is 1. The summed E-state index contributed by atoms with van der Waals surface area (Å²) in [6.45, 7) is 2.70. The molecule has 1 atom stereocenters. The normalized spacial score (nSPS) is 14.5. The van der Waals surface area contributed by atoms with Crippen LogP contribution in [-0.2, 0) is 6.61 Å². The van der Waals surface area contributed by atoms with Crippen molar-refractivity contribution in [2.75, 3.05) is 11.5 Å². The van der Waals surface area contributed by atoms with Gasteiger partial charge < -0.3 is 13.9 Å². The van der Waals surface area contributed by atoms with Crippen LogP contribution in [0.15, 0.2) is 111 Å². The highest BCUT2D eigenvalue weighted by molar-refractivity contribution is 9.10. The van der Waals surface area contributed by atoms with E-state index in [2.05, 4.69) is 15.9 Å². The van der Waals surface area contributed by atoms with Crippen LogP contribution in [0.25, 0.3) is 11.0 Å². The summed E-state index contributed by atoms with van der Waals surface area (Å²) < 4.78 is 18.9. The van der Waals surface area contributed by atoms with Gasteiger partial charge in [0.25, 0.3) is 5.91 Å². The quantitative estimate of drug-likeness (QED) is 0.202. The van der Waals surface area contributed by atoms with Crippen molar-refractivity contribution in [3.63, 3.8) is 0 Å². The minimum atomic E-state index is -0.718. The molecule has 194 valence electrons. The number of para-hydroxylation sites is 1. The van der Waals surface area contributed by atoms with Gasteiger partial charge in [0.2, 0.25) is 5.76 Å². The zero-order valence-corrected chi connectivity index (χ0v) is 22.7. The molecule has 6 nitrogen and oxygen atoms in total. The molecule has 0 N–H and O–H groups in total. The molecule has 1 aliphatic heterocycles. The van der Waals surface area contributed by atoms with Crippen LogP contribution >= 0.6 is 15.9 Å². The molecular formula is C32H24BrNO5. The number of halogens is 1. The Morgan fingerprint density at radius 3 is 2.44 bits per heavy atom.